The molecule has 8 atom stereocenters. The number of amides is 1. The summed E-state index contributed by atoms with van der Waals surface area (Å²) in [6.45, 7) is 6.19. The minimum atomic E-state index is -0.966. The van der Waals surface area contributed by atoms with Gasteiger partial charge in [0, 0.05) is 31.6 Å². The third-order valence-electron chi connectivity index (χ3n) is 7.65. The number of hydrazine groups is 2. The molecule has 5 saturated heterocycles. The van der Waals surface area contributed by atoms with Gasteiger partial charge in [0.05, 0.1) is 24.3 Å². The second-order valence-electron chi connectivity index (χ2n) is 9.82. The average molecular weight is 456 g/mol. The van der Waals surface area contributed by atoms with Crippen molar-refractivity contribution < 1.29 is 13.9 Å². The van der Waals surface area contributed by atoms with Gasteiger partial charge in [-0.1, -0.05) is 0 Å². The van der Waals surface area contributed by atoms with E-state index in [1.165, 1.54) is 0 Å². The summed E-state index contributed by atoms with van der Waals surface area (Å²) in [6, 6.07) is 0.320. The second kappa shape index (κ2) is 9.72. The van der Waals surface area contributed by atoms with E-state index in [0.29, 0.717) is 12.0 Å². The number of rotatable bonds is 4. The van der Waals surface area contributed by atoms with Gasteiger partial charge >= 0.3 is 0 Å². The number of halogens is 1. The van der Waals surface area contributed by atoms with Gasteiger partial charge in [0.2, 0.25) is 5.91 Å². The molecule has 0 aromatic carbocycles. The Bertz CT molecular complexity index is 667. The van der Waals surface area contributed by atoms with Crippen LogP contribution in [0.2, 0.25) is 0 Å². The van der Waals surface area contributed by atoms with Gasteiger partial charge < -0.3 is 21.1 Å². The van der Waals surface area contributed by atoms with Crippen LogP contribution in [-0.4, -0.2) is 98.1 Å². The molecule has 12 heteroatoms. The Balaban J connectivity index is 1.18. The highest BCUT2D eigenvalue weighted by Crippen LogP contribution is 2.27. The quantitative estimate of drug-likeness (QED) is 0.241. The van der Waals surface area contributed by atoms with E-state index >= 15 is 0 Å². The standard InChI is InChI=1S/C20H38FN9O2/c1-11-26-27-20(32-11)12-3-6-29(7-4-12)15-2-5-23-9-14(15)25-19(31)16-17(22)28-30-10-13(21)8-24-18(16)30/h11-18,20,23-24,26-28H,2-10,22H2,1H3,(H,25,31). The summed E-state index contributed by atoms with van der Waals surface area (Å²) >= 11 is 0. The van der Waals surface area contributed by atoms with Crippen molar-refractivity contribution in [1.82, 2.24) is 42.1 Å². The number of fused-ring (bicyclic) bond motifs is 1. The molecule has 0 saturated carbocycles. The summed E-state index contributed by atoms with van der Waals surface area (Å²) in [7, 11) is 0. The molecule has 0 spiro atoms. The molecule has 8 N–H and O–H groups in total. The molecule has 182 valence electrons. The van der Waals surface area contributed by atoms with Crippen LogP contribution in [0.25, 0.3) is 0 Å². The van der Waals surface area contributed by atoms with Crippen molar-refractivity contribution in [2.24, 2.45) is 17.6 Å². The molecule has 0 aromatic rings. The number of carbonyl (C=O) groups excluding carboxylic acids is 1. The molecule has 5 heterocycles. The van der Waals surface area contributed by atoms with Crippen LogP contribution in [0.3, 0.4) is 0 Å². The van der Waals surface area contributed by atoms with Crippen LogP contribution in [-0.2, 0) is 9.53 Å². The molecular weight excluding hydrogens is 417 g/mol. The maximum Gasteiger partial charge on any atom is 0.229 e. The largest absolute Gasteiger partial charge is 0.350 e. The molecule has 5 aliphatic rings. The van der Waals surface area contributed by atoms with Crippen LogP contribution in [0, 0.1) is 11.8 Å². The van der Waals surface area contributed by atoms with Gasteiger partial charge in [-0.3, -0.25) is 15.0 Å². The van der Waals surface area contributed by atoms with Crippen LogP contribution in [0.15, 0.2) is 0 Å². The summed E-state index contributed by atoms with van der Waals surface area (Å²) in [4.78, 5) is 15.8. The van der Waals surface area contributed by atoms with E-state index in [4.69, 9.17) is 10.5 Å². The second-order valence-corrected chi connectivity index (χ2v) is 9.82. The van der Waals surface area contributed by atoms with Crippen molar-refractivity contribution in [2.75, 3.05) is 39.3 Å². The van der Waals surface area contributed by atoms with Crippen molar-refractivity contribution in [3.05, 3.63) is 0 Å². The van der Waals surface area contributed by atoms with Crippen LogP contribution < -0.4 is 38.0 Å². The lowest BCUT2D eigenvalue weighted by Gasteiger charge is -2.44. The van der Waals surface area contributed by atoms with E-state index in [-0.39, 0.29) is 43.7 Å². The van der Waals surface area contributed by atoms with Gasteiger partial charge in [-0.2, -0.15) is 0 Å². The highest BCUT2D eigenvalue weighted by atomic mass is 19.1. The van der Waals surface area contributed by atoms with E-state index in [1.807, 2.05) is 6.92 Å². The van der Waals surface area contributed by atoms with Crippen molar-refractivity contribution in [1.29, 1.82) is 0 Å². The molecule has 5 fully saturated rings. The molecule has 5 rings (SSSR count). The topological polar surface area (TPSA) is 131 Å². The fraction of sp³-hybridized carbons (Fsp3) is 0.950. The van der Waals surface area contributed by atoms with Crippen molar-refractivity contribution in [3.8, 4) is 0 Å². The first-order valence-electron chi connectivity index (χ1n) is 12.1. The molecule has 5 aliphatic heterocycles. The summed E-state index contributed by atoms with van der Waals surface area (Å²) < 4.78 is 19.7. The Morgan fingerprint density at radius 3 is 2.75 bits per heavy atom. The Morgan fingerprint density at radius 1 is 1.19 bits per heavy atom. The van der Waals surface area contributed by atoms with Gasteiger partial charge in [-0.05, 0) is 45.8 Å². The smallest absolute Gasteiger partial charge is 0.229 e. The zero-order valence-corrected chi connectivity index (χ0v) is 18.7. The lowest BCUT2D eigenvalue weighted by atomic mass is 9.90. The molecule has 8 unspecified atom stereocenters. The van der Waals surface area contributed by atoms with Crippen molar-refractivity contribution in [3.63, 3.8) is 0 Å². The number of alkyl halides is 1. The molecular formula is C20H38FN9O2. The Kier molecular flexibility index (Phi) is 6.93. The van der Waals surface area contributed by atoms with Crippen molar-refractivity contribution in [2.45, 2.75) is 69.2 Å². The lowest BCUT2D eigenvalue weighted by Crippen LogP contribution is -2.64. The van der Waals surface area contributed by atoms with Crippen molar-refractivity contribution >= 4 is 5.91 Å². The van der Waals surface area contributed by atoms with E-state index in [1.54, 1.807) is 5.01 Å². The lowest BCUT2D eigenvalue weighted by molar-refractivity contribution is -0.128. The highest BCUT2D eigenvalue weighted by Gasteiger charge is 2.48. The first-order chi connectivity index (χ1) is 15.5. The van der Waals surface area contributed by atoms with Gasteiger partial charge in [0.25, 0.3) is 0 Å². The predicted octanol–water partition coefficient (Wildman–Crippen LogP) is -2.67. The third-order valence-corrected chi connectivity index (χ3v) is 7.65. The van der Waals surface area contributed by atoms with E-state index in [0.717, 1.165) is 45.4 Å². The number of piperidine rings is 2. The number of carbonyl (C=O) groups is 1. The van der Waals surface area contributed by atoms with Gasteiger partial charge in [-0.25, -0.2) is 25.7 Å². The SMILES string of the molecule is CC1NNC(C2CCN(C3CCNCC3NC(=O)C3C(N)NN4CC(F)CNC34)CC2)O1. The molecule has 0 aliphatic carbocycles. The molecule has 1 amide bonds. The summed E-state index contributed by atoms with van der Waals surface area (Å²) in [6.07, 6.45) is 1.48. The number of hydrogen-bond donors (Lipinski definition) is 7. The van der Waals surface area contributed by atoms with E-state index in [9.17, 15) is 9.18 Å². The maximum atomic E-state index is 13.7. The van der Waals surface area contributed by atoms with Gasteiger partial charge in [0.15, 0.2) is 0 Å². The minimum absolute atomic E-state index is 0.0223. The number of nitrogens with zero attached hydrogens (tertiary/aromatic N) is 2. The normalized spacial score (nSPS) is 44.5. The molecule has 0 aromatic heterocycles. The fourth-order valence-corrected chi connectivity index (χ4v) is 5.96. The fourth-order valence-electron chi connectivity index (χ4n) is 5.96. The van der Waals surface area contributed by atoms with E-state index < -0.39 is 18.3 Å². The predicted molar refractivity (Wildman–Crippen MR) is 116 cm³/mol. The minimum Gasteiger partial charge on any atom is -0.350 e. The highest BCUT2D eigenvalue weighted by molar-refractivity contribution is 5.81. The number of likely N-dealkylation sites (tertiary alicyclic amines) is 1. The zero-order valence-electron chi connectivity index (χ0n) is 18.7. The summed E-state index contributed by atoms with van der Waals surface area (Å²) in [5.74, 6) is -0.0425. The number of hydrogen-bond acceptors (Lipinski definition) is 10. The molecule has 0 bridgehead atoms. The number of nitrogens with one attached hydrogen (secondary N) is 6. The van der Waals surface area contributed by atoms with E-state index in [2.05, 4.69) is 37.1 Å². The van der Waals surface area contributed by atoms with Crippen LogP contribution >= 0.6 is 0 Å². The zero-order chi connectivity index (χ0) is 22.2. The van der Waals surface area contributed by atoms with Crippen LogP contribution in [0.1, 0.15) is 26.2 Å². The average Bonchev–Trinajstić information content (AvgIpc) is 3.36. The molecule has 11 nitrogen and oxygen atoms in total. The Morgan fingerprint density at radius 2 is 2.00 bits per heavy atom. The van der Waals surface area contributed by atoms with Gasteiger partial charge in [-0.15, -0.1) is 0 Å². The van der Waals surface area contributed by atoms with Crippen LogP contribution in [0.5, 0.6) is 0 Å². The molecule has 0 radical (unpaired) electrons. The number of nitrogens with two attached hydrogens (primary N) is 1. The maximum absolute atomic E-state index is 13.7. The Labute approximate surface area is 188 Å². The molecule has 32 heavy (non-hydrogen) atoms. The Hall–Kier alpha value is -0.960. The van der Waals surface area contributed by atoms with Gasteiger partial charge in [0.1, 0.15) is 18.6 Å². The third kappa shape index (κ3) is 4.65. The van der Waals surface area contributed by atoms with Crippen LogP contribution in [0.4, 0.5) is 4.39 Å². The monoisotopic (exact) mass is 455 g/mol. The first-order valence-corrected chi connectivity index (χ1v) is 12.1. The first kappa shape index (κ1) is 22.8. The summed E-state index contributed by atoms with van der Waals surface area (Å²) in [5.41, 5.74) is 15.7. The summed E-state index contributed by atoms with van der Waals surface area (Å²) in [5, 5.41) is 11.6. The number of ether oxygens (including phenoxy) is 1.